The van der Waals surface area contributed by atoms with E-state index in [4.69, 9.17) is 4.84 Å². The number of hydrogen-bond acceptors (Lipinski definition) is 3. The van der Waals surface area contributed by atoms with Crippen LogP contribution in [0.2, 0.25) is 0 Å². The maximum atomic E-state index is 6.02. The topological polar surface area (TPSA) is 24.8 Å². The normalized spacial score (nSPS) is 13.3. The number of unbranched alkanes of at least 4 members (excludes halogenated alkanes) is 18. The second-order valence-electron chi connectivity index (χ2n) is 13.4. The van der Waals surface area contributed by atoms with E-state index in [-0.39, 0.29) is 0 Å². The van der Waals surface area contributed by atoms with Crippen LogP contribution < -0.4 is 0 Å². The van der Waals surface area contributed by atoms with E-state index in [1.807, 2.05) is 6.21 Å². The summed E-state index contributed by atoms with van der Waals surface area (Å²) in [4.78, 5) is 8.25. The standard InChI is InChI=1S/C42H78N2O/c1-5-7-9-11-13-15-17-19-21-23-25-27-29-31-33-35-39-42(45-43-40-36-37-41-44(3)4)38-34-32-30-28-26-24-22-20-18-16-14-12-10-8-6-2/h12-15,18-21,40,42H,5-11,16-17,22-39,41H2,1-4H3/b14-12-,15-13-,20-18-,21-19-,43-40?. The lowest BCUT2D eigenvalue weighted by Crippen LogP contribution is -2.13. The van der Waals surface area contributed by atoms with Crippen LogP contribution in [-0.2, 0) is 4.84 Å². The lowest BCUT2D eigenvalue weighted by molar-refractivity contribution is 0.0437. The van der Waals surface area contributed by atoms with Gasteiger partial charge in [0.05, 0.1) is 0 Å². The third-order valence-corrected chi connectivity index (χ3v) is 8.43. The van der Waals surface area contributed by atoms with Gasteiger partial charge >= 0.3 is 0 Å². The molecule has 0 saturated heterocycles. The molecule has 0 rings (SSSR count). The van der Waals surface area contributed by atoms with Gasteiger partial charge in [-0.15, -0.1) is 0 Å². The Bertz CT molecular complexity index is 705. The zero-order valence-electron chi connectivity index (χ0n) is 30.9. The summed E-state index contributed by atoms with van der Waals surface area (Å²) in [5.41, 5.74) is 0. The van der Waals surface area contributed by atoms with Crippen LogP contribution in [0.1, 0.15) is 187 Å². The highest BCUT2D eigenvalue weighted by molar-refractivity contribution is 5.56. The summed E-state index contributed by atoms with van der Waals surface area (Å²) >= 11 is 0. The molecular formula is C42H78N2O. The molecule has 0 aromatic rings. The van der Waals surface area contributed by atoms with Gasteiger partial charge in [0.1, 0.15) is 6.10 Å². The molecular weight excluding hydrogens is 548 g/mol. The van der Waals surface area contributed by atoms with Crippen molar-refractivity contribution < 1.29 is 4.84 Å². The lowest BCUT2D eigenvalue weighted by atomic mass is 10.0. The average Bonchev–Trinajstić information content (AvgIpc) is 3.03. The minimum absolute atomic E-state index is 0.294. The van der Waals surface area contributed by atoms with Crippen molar-refractivity contribution >= 4 is 6.21 Å². The second-order valence-corrected chi connectivity index (χ2v) is 13.4. The third-order valence-electron chi connectivity index (χ3n) is 8.43. The molecule has 0 aliphatic carbocycles. The maximum Gasteiger partial charge on any atom is 0.127 e. The third kappa shape index (κ3) is 38.5. The second kappa shape index (κ2) is 38.6. The highest BCUT2D eigenvalue weighted by Crippen LogP contribution is 2.17. The highest BCUT2D eigenvalue weighted by Gasteiger charge is 2.09. The van der Waals surface area contributed by atoms with Crippen molar-refractivity contribution in [1.29, 1.82) is 0 Å². The lowest BCUT2D eigenvalue weighted by Gasteiger charge is -2.15. The van der Waals surface area contributed by atoms with Gasteiger partial charge in [0.25, 0.3) is 0 Å². The summed E-state index contributed by atoms with van der Waals surface area (Å²) in [7, 11) is 4.26. The van der Waals surface area contributed by atoms with Gasteiger partial charge in [-0.3, -0.25) is 0 Å². The van der Waals surface area contributed by atoms with Crippen LogP contribution in [0.5, 0.6) is 0 Å². The maximum absolute atomic E-state index is 6.02. The number of nitrogens with zero attached hydrogens (tertiary/aromatic N) is 2. The van der Waals surface area contributed by atoms with E-state index in [9.17, 15) is 0 Å². The molecule has 0 saturated carbocycles. The van der Waals surface area contributed by atoms with Gasteiger partial charge in [0, 0.05) is 6.21 Å². The molecule has 0 aromatic carbocycles. The number of hydrogen-bond donors (Lipinski definition) is 0. The van der Waals surface area contributed by atoms with Gasteiger partial charge in [-0.1, -0.05) is 145 Å². The van der Waals surface area contributed by atoms with Crippen LogP contribution in [0, 0.1) is 0 Å². The molecule has 0 aliphatic heterocycles. The van der Waals surface area contributed by atoms with E-state index in [1.165, 1.54) is 135 Å². The van der Waals surface area contributed by atoms with E-state index in [2.05, 4.69) is 86.6 Å². The van der Waals surface area contributed by atoms with Gasteiger partial charge in [-0.05, 0) is 117 Å². The Kier molecular flexibility index (Phi) is 37.2. The predicted octanol–water partition coefficient (Wildman–Crippen LogP) is 13.7. The molecule has 0 amide bonds. The van der Waals surface area contributed by atoms with E-state index in [0.717, 1.165) is 45.1 Å². The molecule has 0 aliphatic rings. The molecule has 0 fully saturated rings. The summed E-state index contributed by atoms with van der Waals surface area (Å²) in [6, 6.07) is 0. The molecule has 0 radical (unpaired) electrons. The van der Waals surface area contributed by atoms with Gasteiger partial charge < -0.3 is 9.74 Å². The van der Waals surface area contributed by atoms with Crippen LogP contribution >= 0.6 is 0 Å². The smallest absolute Gasteiger partial charge is 0.127 e. The first kappa shape index (κ1) is 43.4. The largest absolute Gasteiger partial charge is 0.393 e. The first-order valence-corrected chi connectivity index (χ1v) is 19.6. The van der Waals surface area contributed by atoms with E-state index >= 15 is 0 Å². The van der Waals surface area contributed by atoms with Crippen molar-refractivity contribution in [2.24, 2.45) is 5.16 Å². The predicted molar refractivity (Wildman–Crippen MR) is 204 cm³/mol. The van der Waals surface area contributed by atoms with Gasteiger partial charge in [-0.2, -0.15) is 0 Å². The molecule has 0 bridgehead atoms. The molecule has 1 unspecified atom stereocenters. The van der Waals surface area contributed by atoms with Crippen molar-refractivity contribution in [1.82, 2.24) is 4.90 Å². The van der Waals surface area contributed by atoms with Gasteiger partial charge in [0.2, 0.25) is 0 Å². The summed E-state index contributed by atoms with van der Waals surface area (Å²) in [6.45, 7) is 5.63. The average molecular weight is 627 g/mol. The fourth-order valence-corrected chi connectivity index (χ4v) is 5.46. The number of rotatable bonds is 35. The zero-order chi connectivity index (χ0) is 32.7. The molecule has 1 atom stereocenters. The van der Waals surface area contributed by atoms with Crippen molar-refractivity contribution in [3.8, 4) is 0 Å². The molecule has 45 heavy (non-hydrogen) atoms. The van der Waals surface area contributed by atoms with E-state index < -0.39 is 0 Å². The summed E-state index contributed by atoms with van der Waals surface area (Å²) in [6.07, 6.45) is 55.3. The molecule has 0 spiro atoms. The Morgan fingerprint density at radius 2 is 0.889 bits per heavy atom. The highest BCUT2D eigenvalue weighted by atomic mass is 16.6. The first-order chi connectivity index (χ1) is 22.2. The fraction of sp³-hybridized carbons (Fsp3) is 0.786. The molecule has 0 aromatic heterocycles. The Labute approximate surface area is 283 Å². The molecule has 0 heterocycles. The fourth-order valence-electron chi connectivity index (χ4n) is 5.46. The quantitative estimate of drug-likeness (QED) is 0.0302. The Hall–Kier alpha value is -1.61. The van der Waals surface area contributed by atoms with Crippen LogP contribution in [-0.4, -0.2) is 37.9 Å². The van der Waals surface area contributed by atoms with Crippen molar-refractivity contribution in [2.75, 3.05) is 20.6 Å². The van der Waals surface area contributed by atoms with E-state index in [1.54, 1.807) is 0 Å². The molecule has 0 N–H and O–H groups in total. The van der Waals surface area contributed by atoms with Crippen LogP contribution in [0.25, 0.3) is 0 Å². The van der Waals surface area contributed by atoms with Gasteiger partial charge in [-0.25, -0.2) is 0 Å². The summed E-state index contributed by atoms with van der Waals surface area (Å²) in [5.74, 6) is 0. The van der Waals surface area contributed by atoms with Crippen LogP contribution in [0.4, 0.5) is 0 Å². The monoisotopic (exact) mass is 627 g/mol. The van der Waals surface area contributed by atoms with Gasteiger partial charge in [0.15, 0.2) is 0 Å². The zero-order valence-corrected chi connectivity index (χ0v) is 30.9. The number of oxime groups is 1. The SMILES string of the molecule is CCCC/C=C\C/C=C\CCCCCCCCC(CCCCCCCC/C=C\C/C=C\CCCCC)ON=CCCCN(C)C. The van der Waals surface area contributed by atoms with Crippen molar-refractivity contribution in [3.63, 3.8) is 0 Å². The Morgan fingerprint density at radius 3 is 1.36 bits per heavy atom. The first-order valence-electron chi connectivity index (χ1n) is 19.6. The molecule has 3 heteroatoms. The minimum atomic E-state index is 0.294. The molecule has 3 nitrogen and oxygen atoms in total. The number of allylic oxidation sites excluding steroid dienone is 8. The van der Waals surface area contributed by atoms with Crippen molar-refractivity contribution in [2.45, 2.75) is 193 Å². The molecule has 262 valence electrons. The summed E-state index contributed by atoms with van der Waals surface area (Å²) in [5, 5.41) is 4.38. The van der Waals surface area contributed by atoms with Crippen molar-refractivity contribution in [3.05, 3.63) is 48.6 Å². The van der Waals surface area contributed by atoms with E-state index in [0.29, 0.717) is 6.10 Å². The minimum Gasteiger partial charge on any atom is -0.393 e. The van der Waals surface area contributed by atoms with Crippen LogP contribution in [0.15, 0.2) is 53.8 Å². The Balaban J connectivity index is 3.98. The Morgan fingerprint density at radius 1 is 0.467 bits per heavy atom. The van der Waals surface area contributed by atoms with Crippen LogP contribution in [0.3, 0.4) is 0 Å². The summed E-state index contributed by atoms with van der Waals surface area (Å²) < 4.78 is 0.